The summed E-state index contributed by atoms with van der Waals surface area (Å²) in [6, 6.07) is 1.58. The highest BCUT2D eigenvalue weighted by atomic mass is 16.4. The predicted octanol–water partition coefficient (Wildman–Crippen LogP) is 1.70. The highest BCUT2D eigenvalue weighted by Crippen LogP contribution is 2.49. The van der Waals surface area contributed by atoms with E-state index < -0.39 is 5.97 Å². The zero-order chi connectivity index (χ0) is 13.7. The van der Waals surface area contributed by atoms with Crippen LogP contribution < -0.4 is 5.32 Å². The molecule has 4 nitrogen and oxygen atoms in total. The van der Waals surface area contributed by atoms with Gasteiger partial charge < -0.3 is 15.3 Å². The third-order valence-corrected chi connectivity index (χ3v) is 6.45. The lowest BCUT2D eigenvalue weighted by atomic mass is 9.83. The van der Waals surface area contributed by atoms with Crippen LogP contribution in [0.1, 0.15) is 44.9 Å². The summed E-state index contributed by atoms with van der Waals surface area (Å²) >= 11 is 0. The minimum absolute atomic E-state index is 0.115. The molecule has 2 N–H and O–H groups in total. The first-order chi connectivity index (χ1) is 9.72. The Balaban J connectivity index is 1.42. The molecule has 6 atom stereocenters. The van der Waals surface area contributed by atoms with E-state index in [-0.39, 0.29) is 12.0 Å². The number of carbonyl (C=O) groups is 1. The van der Waals surface area contributed by atoms with Gasteiger partial charge in [-0.25, -0.2) is 0 Å². The van der Waals surface area contributed by atoms with Gasteiger partial charge in [0.05, 0.1) is 5.92 Å². The smallest absolute Gasteiger partial charge is 0.308 e. The number of hydrogen-bond acceptors (Lipinski definition) is 3. The molecule has 2 aliphatic heterocycles. The molecule has 2 aliphatic carbocycles. The lowest BCUT2D eigenvalue weighted by Gasteiger charge is -2.39. The van der Waals surface area contributed by atoms with E-state index in [1.165, 1.54) is 45.2 Å². The average Bonchev–Trinajstić information content (AvgIpc) is 3.12. The van der Waals surface area contributed by atoms with Gasteiger partial charge >= 0.3 is 5.97 Å². The van der Waals surface area contributed by atoms with Crippen LogP contribution in [-0.2, 0) is 4.79 Å². The Morgan fingerprint density at radius 3 is 2.75 bits per heavy atom. The Kier molecular flexibility index (Phi) is 3.26. The van der Waals surface area contributed by atoms with Gasteiger partial charge in [0.1, 0.15) is 0 Å². The Labute approximate surface area is 120 Å². The topological polar surface area (TPSA) is 52.6 Å². The molecule has 0 aromatic rings. The summed E-state index contributed by atoms with van der Waals surface area (Å²) in [6.45, 7) is 2.49. The molecule has 4 heteroatoms. The van der Waals surface area contributed by atoms with E-state index >= 15 is 0 Å². The van der Waals surface area contributed by atoms with Gasteiger partial charge in [0.2, 0.25) is 0 Å². The zero-order valence-corrected chi connectivity index (χ0v) is 12.1. The number of piperidine rings is 1. The molecular formula is C16H26N2O2. The number of rotatable bonds is 3. The Morgan fingerprint density at radius 1 is 1.05 bits per heavy atom. The standard InChI is InChI=1S/C16H26N2O2/c19-16(20)14-10-3-4-11(8-10)15(14)17-12-5-7-18-6-1-2-13(18)9-12/h10-15,17H,1-9H2,(H,19,20). The van der Waals surface area contributed by atoms with Crippen molar-refractivity contribution in [3.8, 4) is 0 Å². The normalized spacial score (nSPS) is 47.6. The van der Waals surface area contributed by atoms with E-state index in [0.29, 0.717) is 17.9 Å². The van der Waals surface area contributed by atoms with Crippen molar-refractivity contribution in [1.82, 2.24) is 10.2 Å². The molecule has 6 unspecified atom stereocenters. The first-order valence-electron chi connectivity index (χ1n) is 8.45. The minimum Gasteiger partial charge on any atom is -0.481 e. The van der Waals surface area contributed by atoms with Gasteiger partial charge in [0, 0.05) is 18.1 Å². The number of hydrogen-bond donors (Lipinski definition) is 2. The van der Waals surface area contributed by atoms with Crippen LogP contribution in [0.2, 0.25) is 0 Å². The van der Waals surface area contributed by atoms with Crippen LogP contribution in [0, 0.1) is 17.8 Å². The predicted molar refractivity (Wildman–Crippen MR) is 76.5 cm³/mol. The van der Waals surface area contributed by atoms with E-state index in [4.69, 9.17) is 0 Å². The van der Waals surface area contributed by atoms with Gasteiger partial charge in [0.25, 0.3) is 0 Å². The van der Waals surface area contributed by atoms with Crippen LogP contribution >= 0.6 is 0 Å². The largest absolute Gasteiger partial charge is 0.481 e. The maximum atomic E-state index is 11.6. The second-order valence-electron chi connectivity index (χ2n) is 7.44. The van der Waals surface area contributed by atoms with Crippen molar-refractivity contribution in [3.63, 3.8) is 0 Å². The fraction of sp³-hybridized carbons (Fsp3) is 0.938. The molecular weight excluding hydrogens is 252 g/mol. The van der Waals surface area contributed by atoms with Crippen LogP contribution in [-0.4, -0.2) is 47.2 Å². The van der Waals surface area contributed by atoms with Gasteiger partial charge in [-0.05, 0) is 69.9 Å². The lowest BCUT2D eigenvalue weighted by Crippen LogP contribution is -2.53. The minimum atomic E-state index is -0.562. The summed E-state index contributed by atoms with van der Waals surface area (Å²) in [5, 5.41) is 13.3. The van der Waals surface area contributed by atoms with Crippen molar-refractivity contribution in [1.29, 1.82) is 0 Å². The number of nitrogens with one attached hydrogen (secondary N) is 1. The Bertz CT molecular complexity index is 400. The highest BCUT2D eigenvalue weighted by Gasteiger charge is 2.51. The zero-order valence-electron chi connectivity index (χ0n) is 12.1. The quantitative estimate of drug-likeness (QED) is 0.825. The molecule has 20 heavy (non-hydrogen) atoms. The van der Waals surface area contributed by atoms with Crippen molar-refractivity contribution in [3.05, 3.63) is 0 Å². The fourth-order valence-corrected chi connectivity index (χ4v) is 5.53. The average molecular weight is 278 g/mol. The van der Waals surface area contributed by atoms with Crippen LogP contribution in [0.3, 0.4) is 0 Å². The maximum absolute atomic E-state index is 11.6. The first-order valence-corrected chi connectivity index (χ1v) is 8.45. The highest BCUT2D eigenvalue weighted by molar-refractivity contribution is 5.72. The van der Waals surface area contributed by atoms with Crippen molar-refractivity contribution in [2.45, 2.75) is 63.1 Å². The summed E-state index contributed by atoms with van der Waals surface area (Å²) in [5.74, 6) is 0.396. The van der Waals surface area contributed by atoms with Crippen molar-refractivity contribution < 1.29 is 9.90 Å². The second-order valence-corrected chi connectivity index (χ2v) is 7.44. The van der Waals surface area contributed by atoms with Crippen LogP contribution in [0.4, 0.5) is 0 Å². The SMILES string of the molecule is O=C(O)C1C2CCC(C2)C1NC1CCN2CCCC2C1. The van der Waals surface area contributed by atoms with E-state index in [9.17, 15) is 9.90 Å². The molecule has 0 aromatic carbocycles. The molecule has 112 valence electrons. The number of carboxylic acid groups (broad SMARTS) is 1. The van der Waals surface area contributed by atoms with Gasteiger partial charge in [-0.3, -0.25) is 4.79 Å². The van der Waals surface area contributed by atoms with Gasteiger partial charge in [-0.1, -0.05) is 0 Å². The van der Waals surface area contributed by atoms with Crippen molar-refractivity contribution in [2.75, 3.05) is 13.1 Å². The summed E-state index contributed by atoms with van der Waals surface area (Å²) < 4.78 is 0. The molecule has 0 radical (unpaired) electrons. The number of carboxylic acids is 1. The lowest BCUT2D eigenvalue weighted by molar-refractivity contribution is -0.144. The summed E-state index contributed by atoms with van der Waals surface area (Å²) in [7, 11) is 0. The number of fused-ring (bicyclic) bond motifs is 3. The molecule has 2 saturated heterocycles. The van der Waals surface area contributed by atoms with Gasteiger partial charge in [-0.15, -0.1) is 0 Å². The molecule has 4 fully saturated rings. The summed E-state index contributed by atoms with van der Waals surface area (Å²) in [6.07, 6.45) is 8.67. The molecule has 0 amide bonds. The third kappa shape index (κ3) is 2.08. The Hall–Kier alpha value is -0.610. The summed E-state index contributed by atoms with van der Waals surface area (Å²) in [5.41, 5.74) is 0. The van der Waals surface area contributed by atoms with E-state index in [2.05, 4.69) is 10.2 Å². The van der Waals surface area contributed by atoms with E-state index in [1.54, 1.807) is 0 Å². The van der Waals surface area contributed by atoms with Crippen LogP contribution in [0.5, 0.6) is 0 Å². The molecule has 4 aliphatic rings. The van der Waals surface area contributed by atoms with Gasteiger partial charge in [-0.2, -0.15) is 0 Å². The molecule has 4 rings (SSSR count). The Morgan fingerprint density at radius 2 is 1.90 bits per heavy atom. The molecule has 0 aromatic heterocycles. The van der Waals surface area contributed by atoms with Crippen LogP contribution in [0.15, 0.2) is 0 Å². The van der Waals surface area contributed by atoms with Crippen molar-refractivity contribution in [2.24, 2.45) is 17.8 Å². The monoisotopic (exact) mass is 278 g/mol. The first kappa shape index (κ1) is 13.1. The summed E-state index contributed by atoms with van der Waals surface area (Å²) in [4.78, 5) is 14.2. The number of aliphatic carboxylic acids is 1. The third-order valence-electron chi connectivity index (χ3n) is 6.45. The molecule has 2 bridgehead atoms. The van der Waals surface area contributed by atoms with E-state index in [0.717, 1.165) is 18.9 Å². The molecule has 2 heterocycles. The second kappa shape index (κ2) is 4.99. The van der Waals surface area contributed by atoms with Crippen molar-refractivity contribution >= 4 is 5.97 Å². The van der Waals surface area contributed by atoms with Gasteiger partial charge in [0.15, 0.2) is 0 Å². The molecule has 0 spiro atoms. The molecule has 2 saturated carbocycles. The van der Waals surface area contributed by atoms with E-state index in [1.807, 2.05) is 0 Å². The fourth-order valence-electron chi connectivity index (χ4n) is 5.53. The number of nitrogens with zero attached hydrogens (tertiary/aromatic N) is 1. The maximum Gasteiger partial charge on any atom is 0.308 e. The van der Waals surface area contributed by atoms with Crippen LogP contribution in [0.25, 0.3) is 0 Å².